The smallest absolute Gasteiger partial charge is 0.207 e. The van der Waals surface area contributed by atoms with Crippen LogP contribution in [0.1, 0.15) is 20.3 Å². The van der Waals surface area contributed by atoms with E-state index in [0.717, 1.165) is 0 Å². The van der Waals surface area contributed by atoms with Crippen LogP contribution in [-0.2, 0) is 0 Å². The zero-order chi connectivity index (χ0) is 7.28. The second-order valence-corrected chi connectivity index (χ2v) is 2.30. The Morgan fingerprint density at radius 1 is 1.78 bits per heavy atom. The van der Waals surface area contributed by atoms with Gasteiger partial charge in [-0.1, -0.05) is 13.8 Å². The van der Waals surface area contributed by atoms with Gasteiger partial charge in [-0.15, -0.1) is 0 Å². The van der Waals surface area contributed by atoms with Crippen LogP contribution in [0.4, 0.5) is 0 Å². The SMILES string of the molecule is CC(C)CC(N)=NC#N. The number of hydrogen-bond donors (Lipinski definition) is 1. The van der Waals surface area contributed by atoms with E-state index >= 15 is 0 Å². The number of amidine groups is 1. The van der Waals surface area contributed by atoms with Crippen LogP contribution in [0.5, 0.6) is 0 Å². The van der Waals surface area contributed by atoms with Gasteiger partial charge in [0, 0.05) is 6.42 Å². The third kappa shape index (κ3) is 4.82. The Labute approximate surface area is 55.2 Å². The molecule has 2 N–H and O–H groups in total. The molecule has 0 bridgehead atoms. The average molecular weight is 125 g/mol. The van der Waals surface area contributed by atoms with Crippen molar-refractivity contribution in [3.63, 3.8) is 0 Å². The van der Waals surface area contributed by atoms with E-state index in [0.29, 0.717) is 18.2 Å². The zero-order valence-corrected chi connectivity index (χ0v) is 5.76. The van der Waals surface area contributed by atoms with E-state index in [1.165, 1.54) is 0 Å². The van der Waals surface area contributed by atoms with E-state index < -0.39 is 0 Å². The lowest BCUT2D eigenvalue weighted by molar-refractivity contribution is 0.681. The molecule has 0 heterocycles. The molecule has 0 aliphatic heterocycles. The summed E-state index contributed by atoms with van der Waals surface area (Å²) < 4.78 is 0. The van der Waals surface area contributed by atoms with Gasteiger partial charge in [-0.05, 0) is 5.92 Å². The second-order valence-electron chi connectivity index (χ2n) is 2.30. The average Bonchev–Trinajstić information content (AvgIpc) is 1.63. The van der Waals surface area contributed by atoms with Gasteiger partial charge in [-0.2, -0.15) is 10.3 Å². The number of aliphatic imine (C=N–C) groups is 1. The van der Waals surface area contributed by atoms with Crippen LogP contribution in [-0.4, -0.2) is 5.84 Å². The summed E-state index contributed by atoms with van der Waals surface area (Å²) in [6.07, 6.45) is 2.34. The van der Waals surface area contributed by atoms with E-state index in [4.69, 9.17) is 11.0 Å². The van der Waals surface area contributed by atoms with E-state index in [9.17, 15) is 0 Å². The summed E-state index contributed by atoms with van der Waals surface area (Å²) in [5.41, 5.74) is 5.31. The fourth-order valence-corrected chi connectivity index (χ4v) is 0.528. The molecule has 0 aliphatic rings. The normalized spacial score (nSPS) is 11.6. The van der Waals surface area contributed by atoms with Crippen LogP contribution in [0.15, 0.2) is 4.99 Å². The highest BCUT2D eigenvalue weighted by atomic mass is 14.8. The van der Waals surface area contributed by atoms with Crippen molar-refractivity contribution >= 4 is 5.84 Å². The molecular formula is C6H11N3. The van der Waals surface area contributed by atoms with Gasteiger partial charge in [0.15, 0.2) is 0 Å². The fourth-order valence-electron chi connectivity index (χ4n) is 0.528. The molecule has 0 aromatic rings. The first kappa shape index (κ1) is 7.96. The standard InChI is InChI=1S/C6H11N3/c1-5(2)3-6(8)9-4-7/h5H,3H2,1-2H3,(H2,8,9). The highest BCUT2D eigenvalue weighted by Crippen LogP contribution is 1.97. The van der Waals surface area contributed by atoms with Gasteiger partial charge < -0.3 is 5.73 Å². The minimum Gasteiger partial charge on any atom is -0.386 e. The highest BCUT2D eigenvalue weighted by molar-refractivity contribution is 5.81. The maximum atomic E-state index is 8.03. The molecule has 0 atom stereocenters. The lowest BCUT2D eigenvalue weighted by Gasteiger charge is -1.99. The summed E-state index contributed by atoms with van der Waals surface area (Å²) in [6, 6.07) is 0. The molecule has 0 amide bonds. The molecule has 0 fully saturated rings. The Hall–Kier alpha value is -1.04. The molecule has 0 rings (SSSR count). The predicted octanol–water partition coefficient (Wildman–Crippen LogP) is 0.871. The third-order valence-corrected chi connectivity index (χ3v) is 0.811. The van der Waals surface area contributed by atoms with Gasteiger partial charge in [0.05, 0.1) is 0 Å². The number of nitriles is 1. The highest BCUT2D eigenvalue weighted by Gasteiger charge is 1.95. The molecule has 0 saturated heterocycles. The molecule has 0 aromatic carbocycles. The Kier molecular flexibility index (Phi) is 3.45. The van der Waals surface area contributed by atoms with Crippen molar-refractivity contribution in [2.45, 2.75) is 20.3 Å². The molecule has 0 saturated carbocycles. The maximum absolute atomic E-state index is 8.03. The third-order valence-electron chi connectivity index (χ3n) is 0.811. The van der Waals surface area contributed by atoms with Crippen molar-refractivity contribution in [2.75, 3.05) is 0 Å². The van der Waals surface area contributed by atoms with E-state index in [2.05, 4.69) is 4.99 Å². The van der Waals surface area contributed by atoms with Crippen LogP contribution in [0, 0.1) is 17.4 Å². The van der Waals surface area contributed by atoms with Crippen molar-refractivity contribution in [3.8, 4) is 6.19 Å². The Balaban J connectivity index is 3.66. The molecule has 3 heteroatoms. The van der Waals surface area contributed by atoms with Gasteiger partial charge in [0.1, 0.15) is 5.84 Å². The molecule has 9 heavy (non-hydrogen) atoms. The summed E-state index contributed by atoms with van der Waals surface area (Å²) in [5, 5.41) is 8.03. The van der Waals surface area contributed by atoms with Crippen LogP contribution in [0.3, 0.4) is 0 Å². The van der Waals surface area contributed by atoms with E-state index in [1.54, 1.807) is 6.19 Å². The fraction of sp³-hybridized carbons (Fsp3) is 0.667. The lowest BCUT2D eigenvalue weighted by atomic mass is 10.1. The molecule has 0 aromatic heterocycles. The first-order chi connectivity index (χ1) is 4.16. The van der Waals surface area contributed by atoms with Gasteiger partial charge >= 0.3 is 0 Å². The van der Waals surface area contributed by atoms with Gasteiger partial charge in [0.2, 0.25) is 6.19 Å². The zero-order valence-electron chi connectivity index (χ0n) is 5.76. The predicted molar refractivity (Wildman–Crippen MR) is 36.7 cm³/mol. The number of nitrogens with two attached hydrogens (primary N) is 1. The summed E-state index contributed by atoms with van der Waals surface area (Å²) in [4.78, 5) is 3.36. The molecule has 0 aliphatic carbocycles. The lowest BCUT2D eigenvalue weighted by Crippen LogP contribution is -2.13. The summed E-state index contributed by atoms with van der Waals surface area (Å²) >= 11 is 0. The van der Waals surface area contributed by atoms with Crippen LogP contribution in [0.25, 0.3) is 0 Å². The Bertz CT molecular complexity index is 141. The van der Waals surface area contributed by atoms with Crippen molar-refractivity contribution in [3.05, 3.63) is 0 Å². The van der Waals surface area contributed by atoms with E-state index in [1.807, 2.05) is 13.8 Å². The molecular weight excluding hydrogens is 114 g/mol. The van der Waals surface area contributed by atoms with Gasteiger partial charge in [-0.3, -0.25) is 0 Å². The quantitative estimate of drug-likeness (QED) is 0.338. The van der Waals surface area contributed by atoms with Gasteiger partial charge in [0.25, 0.3) is 0 Å². The Morgan fingerprint density at radius 2 is 2.33 bits per heavy atom. The van der Waals surface area contributed by atoms with E-state index in [-0.39, 0.29) is 0 Å². The van der Waals surface area contributed by atoms with Crippen LogP contribution >= 0.6 is 0 Å². The van der Waals surface area contributed by atoms with Crippen molar-refractivity contribution in [2.24, 2.45) is 16.6 Å². The largest absolute Gasteiger partial charge is 0.386 e. The molecule has 0 spiro atoms. The number of nitrogens with zero attached hydrogens (tertiary/aromatic N) is 2. The molecule has 0 radical (unpaired) electrons. The minimum atomic E-state index is 0.424. The first-order valence-corrected chi connectivity index (χ1v) is 2.88. The maximum Gasteiger partial charge on any atom is 0.207 e. The summed E-state index contributed by atoms with van der Waals surface area (Å²) in [7, 11) is 0. The summed E-state index contributed by atoms with van der Waals surface area (Å²) in [6.45, 7) is 4.06. The van der Waals surface area contributed by atoms with Crippen molar-refractivity contribution in [1.29, 1.82) is 5.26 Å². The monoisotopic (exact) mass is 125 g/mol. The second kappa shape index (κ2) is 3.90. The number of hydrogen-bond acceptors (Lipinski definition) is 2. The van der Waals surface area contributed by atoms with Crippen LogP contribution in [0.2, 0.25) is 0 Å². The summed E-state index contributed by atoms with van der Waals surface area (Å²) in [5.74, 6) is 0.898. The van der Waals surface area contributed by atoms with Crippen molar-refractivity contribution < 1.29 is 0 Å². The molecule has 0 unspecified atom stereocenters. The minimum absolute atomic E-state index is 0.424. The topological polar surface area (TPSA) is 62.2 Å². The van der Waals surface area contributed by atoms with Crippen molar-refractivity contribution in [1.82, 2.24) is 0 Å². The number of rotatable bonds is 2. The van der Waals surface area contributed by atoms with Gasteiger partial charge in [-0.25, -0.2) is 0 Å². The first-order valence-electron chi connectivity index (χ1n) is 2.88. The Morgan fingerprint density at radius 3 is 2.67 bits per heavy atom. The van der Waals surface area contributed by atoms with Crippen LogP contribution < -0.4 is 5.73 Å². The molecule has 50 valence electrons. The molecule has 3 nitrogen and oxygen atoms in total.